The van der Waals surface area contributed by atoms with E-state index in [1.807, 2.05) is 36.4 Å². The molecule has 0 aliphatic heterocycles. The van der Waals surface area contributed by atoms with Crippen molar-refractivity contribution in [1.29, 1.82) is 0 Å². The second kappa shape index (κ2) is 5.59. The fraction of sp³-hybridized carbons (Fsp3) is 0. The van der Waals surface area contributed by atoms with Crippen molar-refractivity contribution in [3.8, 4) is 22.8 Å². The van der Waals surface area contributed by atoms with Crippen molar-refractivity contribution in [2.75, 3.05) is 0 Å². The summed E-state index contributed by atoms with van der Waals surface area (Å²) in [6.45, 7) is 0. The Balaban J connectivity index is 2.38. The van der Waals surface area contributed by atoms with Gasteiger partial charge >= 0.3 is 0 Å². The normalized spacial score (nSPS) is 10.5. The molecule has 0 aliphatic rings. The van der Waals surface area contributed by atoms with Crippen LogP contribution in [-0.2, 0) is 0 Å². The summed E-state index contributed by atoms with van der Waals surface area (Å²) in [6, 6.07) is 16.5. The molecule has 0 saturated carbocycles. The number of aromatic nitrogens is 3. The Morgan fingerprint density at radius 1 is 0.952 bits per heavy atom. The average molecular weight is 313 g/mol. The number of rotatable bonds is 2. The number of phenols is 1. The van der Waals surface area contributed by atoms with Crippen LogP contribution in [-0.4, -0.2) is 19.6 Å². The summed E-state index contributed by atoms with van der Waals surface area (Å²) in [5.41, 5.74) is 1.42. The predicted octanol–water partition coefficient (Wildman–Crippen LogP) is 4.03. The summed E-state index contributed by atoms with van der Waals surface area (Å²) in [5.74, 6) is 0.637. The van der Waals surface area contributed by atoms with Crippen LogP contribution in [0.1, 0.15) is 0 Å². The van der Waals surface area contributed by atoms with E-state index in [0.717, 1.165) is 5.69 Å². The molecule has 0 aliphatic carbocycles. The molecule has 104 valence electrons. The van der Waals surface area contributed by atoms with Gasteiger partial charge in [-0.1, -0.05) is 30.3 Å². The van der Waals surface area contributed by atoms with Gasteiger partial charge in [0.2, 0.25) is 4.77 Å². The van der Waals surface area contributed by atoms with Crippen LogP contribution in [0.4, 0.5) is 0 Å². The summed E-state index contributed by atoms with van der Waals surface area (Å²) in [7, 11) is 0. The lowest BCUT2D eigenvalue weighted by Crippen LogP contribution is -2.06. The monoisotopic (exact) mass is 313 g/mol. The molecule has 0 amide bonds. The fourth-order valence-corrected chi connectivity index (χ4v) is 2.61. The summed E-state index contributed by atoms with van der Waals surface area (Å²) < 4.78 is 2.46. The minimum atomic E-state index is 0.129. The maximum atomic E-state index is 10.1. The number of nitrogens with zero attached hydrogens (tertiary/aromatic N) is 2. The third-order valence-corrected chi connectivity index (χ3v) is 3.47. The summed E-state index contributed by atoms with van der Waals surface area (Å²) >= 11 is 10.5. The van der Waals surface area contributed by atoms with E-state index in [1.54, 1.807) is 22.8 Å². The highest BCUT2D eigenvalue weighted by Gasteiger charge is 2.12. The molecule has 2 N–H and O–H groups in total. The topological polar surface area (TPSA) is 53.8 Å². The minimum Gasteiger partial charge on any atom is -0.507 e. The molecule has 0 radical (unpaired) electrons. The fourth-order valence-electron chi connectivity index (χ4n) is 2.08. The van der Waals surface area contributed by atoms with E-state index in [1.165, 1.54) is 0 Å². The quantitative estimate of drug-likeness (QED) is 0.701. The zero-order valence-corrected chi connectivity index (χ0v) is 12.5. The largest absolute Gasteiger partial charge is 0.507 e. The van der Waals surface area contributed by atoms with E-state index in [9.17, 15) is 5.11 Å². The first-order valence-electron chi connectivity index (χ1n) is 6.24. The van der Waals surface area contributed by atoms with Gasteiger partial charge in [0.15, 0.2) is 10.6 Å². The summed E-state index contributed by atoms with van der Waals surface area (Å²) in [5, 5.41) is 10.1. The second-order valence-electron chi connectivity index (χ2n) is 4.36. The molecule has 0 spiro atoms. The van der Waals surface area contributed by atoms with E-state index in [-0.39, 0.29) is 10.5 Å². The summed E-state index contributed by atoms with van der Waals surface area (Å²) in [6.07, 6.45) is 0. The third-order valence-electron chi connectivity index (χ3n) is 3.00. The molecule has 0 fully saturated rings. The molecule has 3 rings (SSSR count). The number of nitrogens with one attached hydrogen (secondary N) is 1. The van der Waals surface area contributed by atoms with E-state index < -0.39 is 0 Å². The minimum absolute atomic E-state index is 0.129. The van der Waals surface area contributed by atoms with Crippen LogP contribution < -0.4 is 0 Å². The Labute approximate surface area is 131 Å². The van der Waals surface area contributed by atoms with Crippen molar-refractivity contribution in [1.82, 2.24) is 14.5 Å². The van der Waals surface area contributed by atoms with Gasteiger partial charge < -0.3 is 10.1 Å². The molecular formula is C15H11N3OS2. The highest BCUT2D eigenvalue weighted by Crippen LogP contribution is 2.28. The smallest absolute Gasteiger partial charge is 0.201 e. The number of hydrogen-bond donors (Lipinski definition) is 2. The molecule has 0 unspecified atom stereocenters. The van der Waals surface area contributed by atoms with Gasteiger partial charge in [-0.25, -0.2) is 4.98 Å². The number of aromatic amines is 1. The number of para-hydroxylation sites is 2. The van der Waals surface area contributed by atoms with Gasteiger partial charge in [-0.3, -0.25) is 4.57 Å². The highest BCUT2D eigenvalue weighted by atomic mass is 32.1. The van der Waals surface area contributed by atoms with Crippen molar-refractivity contribution in [2.24, 2.45) is 0 Å². The van der Waals surface area contributed by atoms with Crippen LogP contribution in [0.5, 0.6) is 5.75 Å². The maximum Gasteiger partial charge on any atom is 0.201 e. The molecule has 0 saturated heterocycles. The first-order chi connectivity index (χ1) is 10.2. The first kappa shape index (κ1) is 13.7. The zero-order chi connectivity index (χ0) is 14.8. The van der Waals surface area contributed by atoms with Crippen molar-refractivity contribution < 1.29 is 5.11 Å². The average Bonchev–Trinajstić information content (AvgIpc) is 2.48. The van der Waals surface area contributed by atoms with E-state index in [0.29, 0.717) is 16.2 Å². The Hall–Kier alpha value is -2.31. The molecule has 1 heterocycles. The Kier molecular flexibility index (Phi) is 3.64. The van der Waals surface area contributed by atoms with Crippen molar-refractivity contribution in [3.05, 3.63) is 64.1 Å². The van der Waals surface area contributed by atoms with Crippen LogP contribution in [0, 0.1) is 9.54 Å². The van der Waals surface area contributed by atoms with E-state index in [4.69, 9.17) is 24.4 Å². The lowest BCUT2D eigenvalue weighted by molar-refractivity contribution is 0.476. The van der Waals surface area contributed by atoms with Crippen molar-refractivity contribution in [3.63, 3.8) is 0 Å². The Bertz CT molecular complexity index is 901. The molecule has 0 atom stereocenters. The molecule has 6 heteroatoms. The molecule has 2 aromatic carbocycles. The number of benzene rings is 2. The number of H-pyrrole nitrogens is 1. The van der Waals surface area contributed by atoms with Crippen LogP contribution in [0.2, 0.25) is 0 Å². The number of hydrogen-bond acceptors (Lipinski definition) is 4. The SMILES string of the molecule is Oc1ccccc1-c1nc(=S)[nH]c(=S)n1-c1ccccc1. The second-order valence-corrected chi connectivity index (χ2v) is 5.13. The van der Waals surface area contributed by atoms with Crippen LogP contribution in [0.25, 0.3) is 17.1 Å². The van der Waals surface area contributed by atoms with Gasteiger partial charge in [-0.15, -0.1) is 0 Å². The Morgan fingerprint density at radius 3 is 2.33 bits per heavy atom. The van der Waals surface area contributed by atoms with Crippen molar-refractivity contribution in [2.45, 2.75) is 0 Å². The highest BCUT2D eigenvalue weighted by molar-refractivity contribution is 7.71. The predicted molar refractivity (Wildman–Crippen MR) is 86.7 cm³/mol. The molecule has 1 aromatic heterocycles. The van der Waals surface area contributed by atoms with Gasteiger partial charge in [0.25, 0.3) is 0 Å². The van der Waals surface area contributed by atoms with Gasteiger partial charge in [-0.2, -0.15) is 0 Å². The first-order valence-corrected chi connectivity index (χ1v) is 7.05. The van der Waals surface area contributed by atoms with Gasteiger partial charge in [0.1, 0.15) is 5.75 Å². The number of phenolic OH excluding ortho intramolecular Hbond substituents is 1. The van der Waals surface area contributed by atoms with Crippen LogP contribution in [0.15, 0.2) is 54.6 Å². The summed E-state index contributed by atoms with van der Waals surface area (Å²) in [4.78, 5) is 7.20. The van der Waals surface area contributed by atoms with E-state index in [2.05, 4.69) is 9.97 Å². The van der Waals surface area contributed by atoms with Gasteiger partial charge in [-0.05, 0) is 48.7 Å². The molecule has 21 heavy (non-hydrogen) atoms. The Morgan fingerprint density at radius 2 is 1.62 bits per heavy atom. The standard InChI is InChI=1S/C15H11N3OS2/c19-12-9-5-4-8-11(12)13-16-14(20)17-15(21)18(13)10-6-2-1-3-7-10/h1-9,19H,(H,17,20,21). The number of aromatic hydroxyl groups is 1. The molecule has 3 aromatic rings. The van der Waals surface area contributed by atoms with Crippen LogP contribution >= 0.6 is 24.4 Å². The molecule has 0 bridgehead atoms. The van der Waals surface area contributed by atoms with Crippen molar-refractivity contribution >= 4 is 24.4 Å². The van der Waals surface area contributed by atoms with Gasteiger partial charge in [0, 0.05) is 5.69 Å². The van der Waals surface area contributed by atoms with Gasteiger partial charge in [0.05, 0.1) is 5.56 Å². The van der Waals surface area contributed by atoms with Crippen LogP contribution in [0.3, 0.4) is 0 Å². The van der Waals surface area contributed by atoms with E-state index >= 15 is 0 Å². The molecular weight excluding hydrogens is 302 g/mol. The lowest BCUT2D eigenvalue weighted by Gasteiger charge is -2.13. The third kappa shape index (κ3) is 2.63. The zero-order valence-electron chi connectivity index (χ0n) is 10.9. The lowest BCUT2D eigenvalue weighted by atomic mass is 10.2. The molecule has 4 nitrogen and oxygen atoms in total. The maximum absolute atomic E-state index is 10.1.